The molecule has 0 aliphatic rings. The average Bonchev–Trinajstić information content (AvgIpc) is 3.06. The minimum Gasteiger partial charge on any atom is -0.460 e. The van der Waals surface area contributed by atoms with Gasteiger partial charge in [-0.15, -0.1) is 0 Å². The van der Waals surface area contributed by atoms with Crippen LogP contribution in [-0.4, -0.2) is 23.1 Å². The molecular formula is C17H17NO3. The molecule has 108 valence electrons. The van der Waals surface area contributed by atoms with Crippen LogP contribution in [0.25, 0.3) is 0 Å². The molecule has 2 aromatic rings. The number of esters is 1. The van der Waals surface area contributed by atoms with E-state index in [1.165, 1.54) is 10.6 Å². The zero-order valence-corrected chi connectivity index (χ0v) is 11.9. The van der Waals surface area contributed by atoms with Crippen molar-refractivity contribution >= 4 is 11.9 Å². The Kier molecular flexibility index (Phi) is 4.38. The van der Waals surface area contributed by atoms with Gasteiger partial charge in [-0.1, -0.05) is 43.0 Å². The molecule has 1 heterocycles. The number of ether oxygens (including phenoxy) is 1. The molecule has 2 rings (SSSR count). The number of nitrogens with zero attached hydrogens (tertiary/aromatic N) is 1. The topological polar surface area (TPSA) is 48.3 Å². The van der Waals surface area contributed by atoms with E-state index in [9.17, 15) is 9.59 Å². The lowest BCUT2D eigenvalue weighted by Crippen LogP contribution is -2.44. The minimum absolute atomic E-state index is 0.0697. The Bertz CT molecular complexity index is 631. The van der Waals surface area contributed by atoms with Gasteiger partial charge >= 0.3 is 5.97 Å². The van der Waals surface area contributed by atoms with Crippen molar-refractivity contribution < 1.29 is 14.3 Å². The first kappa shape index (κ1) is 14.8. The minimum atomic E-state index is -1.40. The van der Waals surface area contributed by atoms with Crippen LogP contribution in [0.5, 0.6) is 0 Å². The van der Waals surface area contributed by atoms with E-state index in [0.29, 0.717) is 5.56 Å². The second-order valence-electron chi connectivity index (χ2n) is 4.77. The Morgan fingerprint density at radius 1 is 1.19 bits per heavy atom. The molecule has 0 radical (unpaired) electrons. The van der Waals surface area contributed by atoms with Crippen LogP contribution < -0.4 is 0 Å². The molecule has 1 aromatic heterocycles. The van der Waals surface area contributed by atoms with Crippen molar-refractivity contribution in [3.63, 3.8) is 0 Å². The SMILES string of the molecule is C=CCOC(=O)C(C)(C(=O)n1cccc1)c1ccccc1. The van der Waals surface area contributed by atoms with Crippen molar-refractivity contribution in [2.75, 3.05) is 6.61 Å². The normalized spacial score (nSPS) is 13.2. The van der Waals surface area contributed by atoms with Crippen molar-refractivity contribution in [3.05, 3.63) is 73.1 Å². The van der Waals surface area contributed by atoms with Gasteiger partial charge in [0.2, 0.25) is 0 Å². The van der Waals surface area contributed by atoms with E-state index in [1.54, 1.807) is 55.7 Å². The molecule has 0 aliphatic heterocycles. The molecule has 0 aliphatic carbocycles. The van der Waals surface area contributed by atoms with Gasteiger partial charge in [0.25, 0.3) is 5.91 Å². The average molecular weight is 283 g/mol. The van der Waals surface area contributed by atoms with Crippen LogP contribution in [0.1, 0.15) is 17.3 Å². The molecule has 1 unspecified atom stereocenters. The van der Waals surface area contributed by atoms with E-state index in [0.717, 1.165) is 0 Å². The highest BCUT2D eigenvalue weighted by atomic mass is 16.5. The van der Waals surface area contributed by atoms with E-state index in [4.69, 9.17) is 4.74 Å². The molecule has 0 spiro atoms. The van der Waals surface area contributed by atoms with Gasteiger partial charge in [0.15, 0.2) is 5.41 Å². The smallest absolute Gasteiger partial charge is 0.326 e. The molecule has 4 heteroatoms. The number of hydrogen-bond acceptors (Lipinski definition) is 3. The fraction of sp³-hybridized carbons (Fsp3) is 0.176. The quantitative estimate of drug-likeness (QED) is 0.481. The largest absolute Gasteiger partial charge is 0.460 e. The van der Waals surface area contributed by atoms with Gasteiger partial charge in [0.1, 0.15) is 6.61 Å². The van der Waals surface area contributed by atoms with Crippen LogP contribution in [0.3, 0.4) is 0 Å². The first-order valence-electron chi connectivity index (χ1n) is 6.62. The number of carbonyl (C=O) groups excluding carboxylic acids is 2. The molecule has 21 heavy (non-hydrogen) atoms. The number of rotatable bonds is 5. The van der Waals surface area contributed by atoms with Crippen molar-refractivity contribution in [2.24, 2.45) is 0 Å². The van der Waals surface area contributed by atoms with Crippen LogP contribution >= 0.6 is 0 Å². The highest BCUT2D eigenvalue weighted by Gasteiger charge is 2.45. The molecule has 1 atom stereocenters. The predicted molar refractivity (Wildman–Crippen MR) is 80.0 cm³/mol. The van der Waals surface area contributed by atoms with Crippen LogP contribution in [0, 0.1) is 0 Å². The second-order valence-corrected chi connectivity index (χ2v) is 4.77. The third-order valence-electron chi connectivity index (χ3n) is 3.36. The number of benzene rings is 1. The maximum Gasteiger partial charge on any atom is 0.326 e. The number of aromatic nitrogens is 1. The van der Waals surface area contributed by atoms with Crippen molar-refractivity contribution in [1.82, 2.24) is 4.57 Å². The summed E-state index contributed by atoms with van der Waals surface area (Å²) in [6, 6.07) is 12.4. The summed E-state index contributed by atoms with van der Waals surface area (Å²) in [7, 11) is 0. The second kappa shape index (κ2) is 6.22. The molecule has 0 amide bonds. The van der Waals surface area contributed by atoms with Crippen LogP contribution in [-0.2, 0) is 14.9 Å². The molecule has 1 aromatic carbocycles. The van der Waals surface area contributed by atoms with Crippen molar-refractivity contribution in [2.45, 2.75) is 12.3 Å². The van der Waals surface area contributed by atoms with Crippen molar-refractivity contribution in [3.8, 4) is 0 Å². The molecule has 4 nitrogen and oxygen atoms in total. The highest BCUT2D eigenvalue weighted by molar-refractivity contribution is 6.09. The molecular weight excluding hydrogens is 266 g/mol. The monoisotopic (exact) mass is 283 g/mol. The third kappa shape index (κ3) is 2.79. The standard InChI is InChI=1S/C17H17NO3/c1-3-13-21-16(20)17(2,14-9-5-4-6-10-14)15(19)18-11-7-8-12-18/h3-12H,1,13H2,2H3. The van der Waals surface area contributed by atoms with E-state index in [1.807, 2.05) is 6.07 Å². The highest BCUT2D eigenvalue weighted by Crippen LogP contribution is 2.27. The summed E-state index contributed by atoms with van der Waals surface area (Å²) in [6.07, 6.45) is 4.71. The Morgan fingerprint density at radius 2 is 1.81 bits per heavy atom. The Morgan fingerprint density at radius 3 is 2.38 bits per heavy atom. The fourth-order valence-corrected chi connectivity index (χ4v) is 2.11. The first-order valence-corrected chi connectivity index (χ1v) is 6.62. The molecule has 0 bridgehead atoms. The van der Waals surface area contributed by atoms with Gasteiger partial charge in [-0.25, -0.2) is 0 Å². The summed E-state index contributed by atoms with van der Waals surface area (Å²) >= 11 is 0. The first-order chi connectivity index (χ1) is 10.1. The number of hydrogen-bond donors (Lipinski definition) is 0. The molecule has 0 saturated heterocycles. The van der Waals surface area contributed by atoms with Gasteiger partial charge in [-0.05, 0) is 24.6 Å². The lowest BCUT2D eigenvalue weighted by molar-refractivity contribution is -0.146. The maximum absolute atomic E-state index is 12.8. The number of carbonyl (C=O) groups is 2. The van der Waals surface area contributed by atoms with E-state index in [2.05, 4.69) is 6.58 Å². The Hall–Kier alpha value is -2.62. The lowest BCUT2D eigenvalue weighted by atomic mass is 9.81. The maximum atomic E-state index is 12.8. The molecule has 0 saturated carbocycles. The predicted octanol–water partition coefficient (Wildman–Crippen LogP) is 2.82. The van der Waals surface area contributed by atoms with Crippen LogP contribution in [0.15, 0.2) is 67.5 Å². The van der Waals surface area contributed by atoms with Crippen LogP contribution in [0.4, 0.5) is 0 Å². The van der Waals surface area contributed by atoms with Gasteiger partial charge < -0.3 is 4.74 Å². The van der Waals surface area contributed by atoms with Gasteiger partial charge in [0, 0.05) is 12.4 Å². The summed E-state index contributed by atoms with van der Waals surface area (Å²) in [5.41, 5.74) is -0.804. The zero-order valence-electron chi connectivity index (χ0n) is 11.9. The summed E-state index contributed by atoms with van der Waals surface area (Å²) in [4.78, 5) is 25.2. The third-order valence-corrected chi connectivity index (χ3v) is 3.36. The summed E-state index contributed by atoms with van der Waals surface area (Å²) in [5, 5.41) is 0. The summed E-state index contributed by atoms with van der Waals surface area (Å²) in [6.45, 7) is 5.16. The van der Waals surface area contributed by atoms with Crippen molar-refractivity contribution in [1.29, 1.82) is 0 Å². The van der Waals surface area contributed by atoms with Gasteiger partial charge in [-0.2, -0.15) is 0 Å². The fourth-order valence-electron chi connectivity index (χ4n) is 2.11. The summed E-state index contributed by atoms with van der Waals surface area (Å²) in [5.74, 6) is -0.944. The van der Waals surface area contributed by atoms with Gasteiger partial charge in [0.05, 0.1) is 0 Å². The van der Waals surface area contributed by atoms with E-state index >= 15 is 0 Å². The van der Waals surface area contributed by atoms with E-state index < -0.39 is 11.4 Å². The molecule has 0 N–H and O–H groups in total. The zero-order chi connectivity index (χ0) is 15.3. The van der Waals surface area contributed by atoms with Gasteiger partial charge in [-0.3, -0.25) is 14.2 Å². The van der Waals surface area contributed by atoms with E-state index in [-0.39, 0.29) is 12.5 Å². The van der Waals surface area contributed by atoms with Crippen LogP contribution in [0.2, 0.25) is 0 Å². The summed E-state index contributed by atoms with van der Waals surface area (Å²) < 4.78 is 6.53. The Balaban J connectivity index is 2.46. The lowest BCUT2D eigenvalue weighted by Gasteiger charge is -2.26. The Labute approximate surface area is 123 Å². The molecule has 0 fully saturated rings.